The van der Waals surface area contributed by atoms with Gasteiger partial charge in [0.2, 0.25) is 0 Å². The van der Waals surface area contributed by atoms with Crippen LogP contribution < -0.4 is 0 Å². The fourth-order valence-corrected chi connectivity index (χ4v) is 1.94. The van der Waals surface area contributed by atoms with Crippen molar-refractivity contribution in [1.82, 2.24) is 0 Å². The zero-order valence-corrected chi connectivity index (χ0v) is 13.9. The molecule has 2 heteroatoms. The summed E-state index contributed by atoms with van der Waals surface area (Å²) in [6, 6.07) is 0. The topological polar surface area (TPSA) is 37.3 Å². The van der Waals surface area contributed by atoms with Gasteiger partial charge in [0.05, 0.1) is 0 Å². The Balaban J connectivity index is 4.06. The Labute approximate surface area is 130 Å². The predicted molar refractivity (Wildman–Crippen MR) is 91.3 cm³/mol. The minimum absolute atomic E-state index is 0.457. The lowest BCUT2D eigenvalue weighted by molar-refractivity contribution is -0.131. The van der Waals surface area contributed by atoms with Gasteiger partial charge in [0.15, 0.2) is 0 Å². The number of carboxylic acid groups (broad SMARTS) is 1. The number of hydrogen-bond acceptors (Lipinski definition) is 1. The van der Waals surface area contributed by atoms with Gasteiger partial charge in [0, 0.05) is 6.08 Å². The van der Waals surface area contributed by atoms with E-state index in [4.69, 9.17) is 5.11 Å². The number of hydrogen-bond donors (Lipinski definition) is 1. The van der Waals surface area contributed by atoms with E-state index in [1.165, 1.54) is 18.4 Å². The summed E-state index contributed by atoms with van der Waals surface area (Å²) in [6.45, 7) is 8.83. The van der Waals surface area contributed by atoms with E-state index in [0.717, 1.165) is 24.8 Å². The minimum atomic E-state index is -0.911. The molecule has 1 N–H and O–H groups in total. The molecule has 0 rings (SSSR count). The molecule has 0 saturated carbocycles. The fourth-order valence-electron chi connectivity index (χ4n) is 1.94. The molecule has 0 aromatic carbocycles. The van der Waals surface area contributed by atoms with Crippen molar-refractivity contribution in [2.45, 2.75) is 53.4 Å². The summed E-state index contributed by atoms with van der Waals surface area (Å²) in [5.41, 5.74) is 1.29. The highest BCUT2D eigenvalue weighted by Crippen LogP contribution is 2.12. The van der Waals surface area contributed by atoms with Gasteiger partial charge in [-0.2, -0.15) is 0 Å². The minimum Gasteiger partial charge on any atom is -0.478 e. The van der Waals surface area contributed by atoms with Crippen molar-refractivity contribution in [2.75, 3.05) is 0 Å². The van der Waals surface area contributed by atoms with Crippen LogP contribution >= 0.6 is 0 Å². The second-order valence-corrected chi connectivity index (χ2v) is 5.74. The number of carbonyl (C=O) groups is 1. The second-order valence-electron chi connectivity index (χ2n) is 5.74. The van der Waals surface area contributed by atoms with Gasteiger partial charge in [-0.15, -0.1) is 0 Å². The Kier molecular flexibility index (Phi) is 11.3. The molecule has 0 spiro atoms. The maximum absolute atomic E-state index is 10.3. The van der Waals surface area contributed by atoms with Crippen molar-refractivity contribution in [3.05, 3.63) is 48.1 Å². The standard InChI is InChI=1S/C19H30O2/c1-5-16(2)11-9-10-13-18(4)15-17(3)12-7-6-8-14-19(20)21/h6-8,10,13-17H,5,9,11-12H2,1-4H3,(H,20,21)/b7-6+,13-10+,14-8+,18-15+/t16-,17-/m1/s1. The van der Waals surface area contributed by atoms with Gasteiger partial charge in [-0.3, -0.25) is 0 Å². The van der Waals surface area contributed by atoms with Crippen molar-refractivity contribution in [2.24, 2.45) is 11.8 Å². The maximum atomic E-state index is 10.3. The van der Waals surface area contributed by atoms with Crippen molar-refractivity contribution in [1.29, 1.82) is 0 Å². The van der Waals surface area contributed by atoms with E-state index in [-0.39, 0.29) is 0 Å². The highest BCUT2D eigenvalue weighted by molar-refractivity contribution is 5.80. The highest BCUT2D eigenvalue weighted by atomic mass is 16.4. The summed E-state index contributed by atoms with van der Waals surface area (Å²) in [4.78, 5) is 10.3. The molecule has 118 valence electrons. The first-order chi connectivity index (χ1) is 9.95. The molecule has 0 aliphatic heterocycles. The Hall–Kier alpha value is -1.57. The van der Waals surface area contributed by atoms with Crippen LogP contribution in [-0.4, -0.2) is 11.1 Å². The molecule has 0 radical (unpaired) electrons. The van der Waals surface area contributed by atoms with E-state index in [9.17, 15) is 4.79 Å². The molecule has 2 atom stereocenters. The van der Waals surface area contributed by atoms with Crippen LogP contribution in [0.5, 0.6) is 0 Å². The monoisotopic (exact) mass is 290 g/mol. The first-order valence-electron chi connectivity index (χ1n) is 7.86. The third kappa shape index (κ3) is 13.2. The smallest absolute Gasteiger partial charge is 0.328 e. The largest absolute Gasteiger partial charge is 0.478 e. The molecular formula is C19H30O2. The zero-order valence-electron chi connectivity index (χ0n) is 13.9. The average molecular weight is 290 g/mol. The van der Waals surface area contributed by atoms with Gasteiger partial charge < -0.3 is 5.11 Å². The summed E-state index contributed by atoms with van der Waals surface area (Å²) in [6.07, 6.45) is 17.8. The number of aliphatic carboxylic acids is 1. The van der Waals surface area contributed by atoms with Crippen LogP contribution in [0.25, 0.3) is 0 Å². The van der Waals surface area contributed by atoms with Crippen LogP contribution in [0.15, 0.2) is 48.1 Å². The van der Waals surface area contributed by atoms with Gasteiger partial charge in [0.25, 0.3) is 0 Å². The second kappa shape index (κ2) is 12.2. The van der Waals surface area contributed by atoms with Gasteiger partial charge in [0.1, 0.15) is 0 Å². The Morgan fingerprint density at radius 1 is 1.14 bits per heavy atom. The SMILES string of the molecule is CC[C@@H](C)CC/C=C/C(C)=C/[C@H](C)C/C=C/C=C/C(=O)O. The third-order valence-corrected chi connectivity index (χ3v) is 3.45. The van der Waals surface area contributed by atoms with E-state index in [0.29, 0.717) is 5.92 Å². The van der Waals surface area contributed by atoms with Crippen molar-refractivity contribution < 1.29 is 9.90 Å². The molecule has 0 bridgehead atoms. The fraction of sp³-hybridized carbons (Fsp3) is 0.526. The highest BCUT2D eigenvalue weighted by Gasteiger charge is 1.96. The molecule has 0 amide bonds. The maximum Gasteiger partial charge on any atom is 0.328 e. The zero-order chi connectivity index (χ0) is 16.1. The van der Waals surface area contributed by atoms with Crippen LogP contribution in [0.2, 0.25) is 0 Å². The number of carboxylic acids is 1. The number of rotatable bonds is 10. The van der Waals surface area contributed by atoms with Crippen LogP contribution in [-0.2, 0) is 4.79 Å². The molecule has 0 saturated heterocycles. The number of allylic oxidation sites excluding steroid dienone is 7. The lowest BCUT2D eigenvalue weighted by atomic mass is 10.0. The lowest BCUT2D eigenvalue weighted by Crippen LogP contribution is -1.90. The molecule has 0 aliphatic carbocycles. The van der Waals surface area contributed by atoms with Crippen molar-refractivity contribution in [3.8, 4) is 0 Å². The average Bonchev–Trinajstić information content (AvgIpc) is 2.42. The lowest BCUT2D eigenvalue weighted by Gasteiger charge is -2.05. The molecule has 2 nitrogen and oxygen atoms in total. The Morgan fingerprint density at radius 2 is 1.86 bits per heavy atom. The van der Waals surface area contributed by atoms with Crippen molar-refractivity contribution in [3.63, 3.8) is 0 Å². The van der Waals surface area contributed by atoms with Crippen LogP contribution in [0.1, 0.15) is 53.4 Å². The normalized spacial score (nSPS) is 16.1. The summed E-state index contributed by atoms with van der Waals surface area (Å²) in [5, 5.41) is 8.46. The predicted octanol–water partition coefficient (Wildman–Crippen LogP) is 5.54. The molecule has 0 fully saturated rings. The van der Waals surface area contributed by atoms with Crippen LogP contribution in [0.3, 0.4) is 0 Å². The molecule has 0 aliphatic rings. The van der Waals surface area contributed by atoms with Crippen LogP contribution in [0.4, 0.5) is 0 Å². The van der Waals surface area contributed by atoms with E-state index in [1.54, 1.807) is 12.2 Å². The van der Waals surface area contributed by atoms with Gasteiger partial charge in [-0.25, -0.2) is 4.79 Å². The molecule has 0 unspecified atom stereocenters. The molecular weight excluding hydrogens is 260 g/mol. The first kappa shape index (κ1) is 19.4. The quantitative estimate of drug-likeness (QED) is 0.424. The summed E-state index contributed by atoms with van der Waals surface area (Å²) in [5.74, 6) is 0.353. The first-order valence-corrected chi connectivity index (χ1v) is 7.86. The third-order valence-electron chi connectivity index (χ3n) is 3.45. The van der Waals surface area contributed by atoms with Gasteiger partial charge >= 0.3 is 5.97 Å². The summed E-state index contributed by atoms with van der Waals surface area (Å²) in [7, 11) is 0. The van der Waals surface area contributed by atoms with Crippen LogP contribution in [0, 0.1) is 11.8 Å². The van der Waals surface area contributed by atoms with E-state index in [2.05, 4.69) is 45.9 Å². The van der Waals surface area contributed by atoms with E-state index >= 15 is 0 Å². The summed E-state index contributed by atoms with van der Waals surface area (Å²) < 4.78 is 0. The molecule has 0 heterocycles. The van der Waals surface area contributed by atoms with Crippen molar-refractivity contribution >= 4 is 5.97 Å². The Morgan fingerprint density at radius 3 is 2.48 bits per heavy atom. The Bertz CT molecular complexity index is 400. The van der Waals surface area contributed by atoms with Gasteiger partial charge in [-0.05, 0) is 38.0 Å². The molecule has 21 heavy (non-hydrogen) atoms. The van der Waals surface area contributed by atoms with E-state index in [1.807, 2.05) is 6.08 Å². The molecule has 0 aromatic rings. The van der Waals surface area contributed by atoms with E-state index < -0.39 is 5.97 Å². The molecule has 0 aromatic heterocycles. The summed E-state index contributed by atoms with van der Waals surface area (Å²) >= 11 is 0. The van der Waals surface area contributed by atoms with Gasteiger partial charge in [-0.1, -0.05) is 69.2 Å².